The molecule has 0 aliphatic carbocycles. The second-order valence-electron chi connectivity index (χ2n) is 9.30. The van der Waals surface area contributed by atoms with Crippen molar-refractivity contribution < 1.29 is 9.18 Å². The molecule has 38 heavy (non-hydrogen) atoms. The summed E-state index contributed by atoms with van der Waals surface area (Å²) in [5, 5.41) is 12.2. The summed E-state index contributed by atoms with van der Waals surface area (Å²) in [6.45, 7) is 4.50. The fourth-order valence-electron chi connectivity index (χ4n) is 4.20. The number of aryl methyl sites for hydroxylation is 1. The standard InChI is InChI=1S/C27H25FN8O2/c1-15(2)12-36-13-20(16-4-8-18(28)9-5-16)24(37)23(34-36)27(38)32-19-10-6-17(7-11-19)22-21-25(29)30-14-31-26(21)35(3)33-22/h4-11,13-15H,12H2,1-3H3,(H,32,38)(H2,29,30,31). The minimum absolute atomic E-state index is 0.219. The Morgan fingerprint density at radius 2 is 1.71 bits per heavy atom. The van der Waals surface area contributed by atoms with Crippen LogP contribution < -0.4 is 16.5 Å². The summed E-state index contributed by atoms with van der Waals surface area (Å²) in [6, 6.07) is 12.5. The van der Waals surface area contributed by atoms with Gasteiger partial charge in [0.05, 0.1) is 5.39 Å². The Balaban J connectivity index is 1.46. The molecule has 10 nitrogen and oxygen atoms in total. The van der Waals surface area contributed by atoms with Crippen LogP contribution in [0, 0.1) is 11.7 Å². The molecular weight excluding hydrogens is 487 g/mol. The summed E-state index contributed by atoms with van der Waals surface area (Å²) in [7, 11) is 1.77. The molecule has 192 valence electrons. The number of hydrogen-bond donors (Lipinski definition) is 2. The van der Waals surface area contributed by atoms with Gasteiger partial charge in [-0.15, -0.1) is 0 Å². The molecule has 2 aromatic carbocycles. The molecule has 0 radical (unpaired) electrons. The number of aromatic nitrogens is 6. The lowest BCUT2D eigenvalue weighted by Gasteiger charge is -2.13. The Kier molecular flexibility index (Phi) is 6.41. The number of anilines is 2. The number of nitrogens with two attached hydrogens (primary N) is 1. The molecule has 0 aliphatic rings. The third-order valence-corrected chi connectivity index (χ3v) is 5.95. The summed E-state index contributed by atoms with van der Waals surface area (Å²) in [4.78, 5) is 34.8. The summed E-state index contributed by atoms with van der Waals surface area (Å²) < 4.78 is 16.7. The van der Waals surface area contributed by atoms with Crippen LogP contribution >= 0.6 is 0 Å². The van der Waals surface area contributed by atoms with E-state index in [9.17, 15) is 14.0 Å². The molecule has 0 fully saturated rings. The molecule has 0 saturated carbocycles. The number of nitrogen functional groups attached to an aromatic ring is 1. The smallest absolute Gasteiger partial charge is 0.280 e. The highest BCUT2D eigenvalue weighted by Crippen LogP contribution is 2.30. The summed E-state index contributed by atoms with van der Waals surface area (Å²) in [6.07, 6.45) is 2.98. The molecule has 0 bridgehead atoms. The van der Waals surface area contributed by atoms with Gasteiger partial charge in [-0.2, -0.15) is 10.2 Å². The zero-order valence-corrected chi connectivity index (χ0v) is 21.0. The number of nitrogens with zero attached hydrogens (tertiary/aromatic N) is 6. The van der Waals surface area contributed by atoms with Crippen LogP contribution in [0.25, 0.3) is 33.4 Å². The number of carbonyl (C=O) groups is 1. The van der Waals surface area contributed by atoms with E-state index in [1.165, 1.54) is 30.6 Å². The van der Waals surface area contributed by atoms with Crippen LogP contribution in [0.5, 0.6) is 0 Å². The van der Waals surface area contributed by atoms with E-state index in [2.05, 4.69) is 25.5 Å². The number of benzene rings is 2. The molecule has 0 saturated heterocycles. The van der Waals surface area contributed by atoms with Crippen molar-refractivity contribution in [3.63, 3.8) is 0 Å². The van der Waals surface area contributed by atoms with E-state index >= 15 is 0 Å². The molecular formula is C27H25FN8O2. The number of amides is 1. The van der Waals surface area contributed by atoms with Crippen molar-refractivity contribution >= 4 is 28.4 Å². The van der Waals surface area contributed by atoms with Gasteiger partial charge in [-0.3, -0.25) is 14.3 Å². The van der Waals surface area contributed by atoms with Crippen molar-refractivity contribution in [3.8, 4) is 22.4 Å². The van der Waals surface area contributed by atoms with Crippen LogP contribution in [-0.2, 0) is 13.6 Å². The highest BCUT2D eigenvalue weighted by Gasteiger charge is 2.20. The van der Waals surface area contributed by atoms with Crippen molar-refractivity contribution in [2.24, 2.45) is 13.0 Å². The van der Waals surface area contributed by atoms with Gasteiger partial charge in [0, 0.05) is 36.6 Å². The van der Waals surface area contributed by atoms with Gasteiger partial charge in [0.1, 0.15) is 23.7 Å². The Bertz CT molecular complexity index is 1710. The van der Waals surface area contributed by atoms with Crippen molar-refractivity contribution in [3.05, 3.63) is 82.8 Å². The molecule has 1 amide bonds. The maximum absolute atomic E-state index is 13.5. The lowest BCUT2D eigenvalue weighted by atomic mass is 10.1. The molecule has 0 atom stereocenters. The van der Waals surface area contributed by atoms with Crippen molar-refractivity contribution in [1.82, 2.24) is 29.5 Å². The van der Waals surface area contributed by atoms with Crippen LogP contribution in [0.15, 0.2) is 65.8 Å². The quantitative estimate of drug-likeness (QED) is 0.353. The lowest BCUT2D eigenvalue weighted by Crippen LogP contribution is -2.28. The van der Waals surface area contributed by atoms with E-state index in [0.29, 0.717) is 40.3 Å². The Hall–Kier alpha value is -4.93. The SMILES string of the molecule is CC(C)Cn1cc(-c2ccc(F)cc2)c(=O)c(C(=O)Nc2ccc(-c3nn(C)c4ncnc(N)c34)cc2)n1. The Labute approximate surface area is 217 Å². The number of rotatable bonds is 6. The third kappa shape index (κ3) is 4.73. The van der Waals surface area contributed by atoms with E-state index in [0.717, 1.165) is 5.56 Å². The second-order valence-corrected chi connectivity index (χ2v) is 9.30. The summed E-state index contributed by atoms with van der Waals surface area (Å²) in [5.41, 5.74) is 8.48. The van der Waals surface area contributed by atoms with Crippen LogP contribution in [0.3, 0.4) is 0 Å². The zero-order valence-electron chi connectivity index (χ0n) is 21.0. The zero-order chi connectivity index (χ0) is 27.0. The summed E-state index contributed by atoms with van der Waals surface area (Å²) >= 11 is 0. The van der Waals surface area contributed by atoms with Crippen LogP contribution in [0.4, 0.5) is 15.9 Å². The Morgan fingerprint density at radius 1 is 1.03 bits per heavy atom. The monoisotopic (exact) mass is 512 g/mol. The number of halogens is 1. The topological polar surface area (TPSA) is 134 Å². The largest absolute Gasteiger partial charge is 0.383 e. The third-order valence-electron chi connectivity index (χ3n) is 5.95. The average Bonchev–Trinajstić information content (AvgIpc) is 3.23. The first-order valence-corrected chi connectivity index (χ1v) is 11.9. The van der Waals surface area contributed by atoms with Crippen LogP contribution in [0.2, 0.25) is 0 Å². The molecule has 0 aliphatic heterocycles. The first-order chi connectivity index (χ1) is 18.2. The molecule has 3 N–H and O–H groups in total. The molecule has 3 heterocycles. The second kappa shape index (κ2) is 9.85. The van der Waals surface area contributed by atoms with Gasteiger partial charge in [-0.1, -0.05) is 38.1 Å². The molecule has 3 aromatic heterocycles. The van der Waals surface area contributed by atoms with Crippen LogP contribution in [0.1, 0.15) is 24.3 Å². The first kappa shape index (κ1) is 24.8. The number of fused-ring (bicyclic) bond motifs is 1. The van der Waals surface area contributed by atoms with E-state index < -0.39 is 17.2 Å². The Morgan fingerprint density at radius 3 is 2.39 bits per heavy atom. The van der Waals surface area contributed by atoms with E-state index in [1.807, 2.05) is 13.8 Å². The minimum Gasteiger partial charge on any atom is -0.383 e. The van der Waals surface area contributed by atoms with Gasteiger partial charge in [0.25, 0.3) is 5.91 Å². The lowest BCUT2D eigenvalue weighted by molar-refractivity contribution is 0.101. The van der Waals surface area contributed by atoms with Crippen molar-refractivity contribution in [1.29, 1.82) is 0 Å². The van der Waals surface area contributed by atoms with Gasteiger partial charge in [0.2, 0.25) is 5.43 Å². The molecule has 0 unspecified atom stereocenters. The van der Waals surface area contributed by atoms with Crippen molar-refractivity contribution in [2.45, 2.75) is 20.4 Å². The van der Waals surface area contributed by atoms with Crippen LogP contribution in [-0.4, -0.2) is 35.4 Å². The highest BCUT2D eigenvalue weighted by molar-refractivity contribution is 6.03. The van der Waals surface area contributed by atoms with Gasteiger partial charge < -0.3 is 11.1 Å². The van der Waals surface area contributed by atoms with Gasteiger partial charge in [-0.25, -0.2) is 19.0 Å². The number of hydrogen-bond acceptors (Lipinski definition) is 7. The van der Waals surface area contributed by atoms with E-state index in [-0.39, 0.29) is 17.2 Å². The number of carbonyl (C=O) groups excluding carboxylic acids is 1. The normalized spacial score (nSPS) is 11.3. The fourth-order valence-corrected chi connectivity index (χ4v) is 4.20. The van der Waals surface area contributed by atoms with E-state index in [1.54, 1.807) is 46.9 Å². The molecule has 0 spiro atoms. The van der Waals surface area contributed by atoms with Gasteiger partial charge >= 0.3 is 0 Å². The predicted octanol–water partition coefficient (Wildman–Crippen LogP) is 3.88. The first-order valence-electron chi connectivity index (χ1n) is 11.9. The maximum atomic E-state index is 13.5. The minimum atomic E-state index is -0.648. The fraction of sp³-hybridized carbons (Fsp3) is 0.185. The van der Waals surface area contributed by atoms with E-state index in [4.69, 9.17) is 5.73 Å². The average molecular weight is 513 g/mol. The van der Waals surface area contributed by atoms with Crippen molar-refractivity contribution in [2.75, 3.05) is 11.1 Å². The highest BCUT2D eigenvalue weighted by atomic mass is 19.1. The summed E-state index contributed by atoms with van der Waals surface area (Å²) in [5.74, 6) is -0.525. The van der Waals surface area contributed by atoms with Gasteiger partial charge in [0.15, 0.2) is 11.3 Å². The molecule has 5 aromatic rings. The maximum Gasteiger partial charge on any atom is 0.280 e. The molecule has 11 heteroatoms. The molecule has 5 rings (SSSR count). The predicted molar refractivity (Wildman–Crippen MR) is 143 cm³/mol. The van der Waals surface area contributed by atoms with Gasteiger partial charge in [-0.05, 0) is 35.7 Å². The number of nitrogens with one attached hydrogen (secondary N) is 1.